The van der Waals surface area contributed by atoms with Crippen molar-refractivity contribution in [3.8, 4) is 39.8 Å². The monoisotopic (exact) mass is 414 g/mol. The van der Waals surface area contributed by atoms with Gasteiger partial charge in [0, 0.05) is 47.5 Å². The first-order valence-corrected chi connectivity index (χ1v) is 9.84. The van der Waals surface area contributed by atoms with E-state index in [1.165, 1.54) is 0 Å². The van der Waals surface area contributed by atoms with Crippen LogP contribution in [0.4, 0.5) is 0 Å². The molecule has 7 nitrogen and oxygen atoms in total. The van der Waals surface area contributed by atoms with Crippen LogP contribution in [0.25, 0.3) is 39.1 Å². The van der Waals surface area contributed by atoms with Crippen LogP contribution >= 0.6 is 0 Å². The molecule has 5 aromatic rings. The second kappa shape index (κ2) is 7.36. The van der Waals surface area contributed by atoms with Crippen LogP contribution in [0.5, 0.6) is 17.2 Å². The third-order valence-electron chi connectivity index (χ3n) is 5.49. The van der Waals surface area contributed by atoms with Crippen molar-refractivity contribution >= 4 is 16.6 Å². The predicted molar refractivity (Wildman–Crippen MR) is 120 cm³/mol. The average Bonchev–Trinajstić information content (AvgIpc) is 3.39. The van der Waals surface area contributed by atoms with Gasteiger partial charge in [0.25, 0.3) is 0 Å². The third kappa shape index (κ3) is 2.97. The maximum atomic E-state index is 5.53. The summed E-state index contributed by atoms with van der Waals surface area (Å²) in [5, 5.41) is 6.06. The van der Waals surface area contributed by atoms with Gasteiger partial charge in [-0.2, -0.15) is 5.10 Å². The van der Waals surface area contributed by atoms with Crippen molar-refractivity contribution in [2.24, 2.45) is 7.05 Å². The zero-order chi connectivity index (χ0) is 21.5. The number of aryl methyl sites for hydroxylation is 1. The largest absolute Gasteiger partial charge is 0.493 e. The molecule has 3 heterocycles. The minimum absolute atomic E-state index is 0.552. The molecule has 0 N–H and O–H groups in total. The third-order valence-corrected chi connectivity index (χ3v) is 5.49. The second-order valence-electron chi connectivity index (χ2n) is 7.21. The first-order chi connectivity index (χ1) is 15.1. The van der Waals surface area contributed by atoms with Gasteiger partial charge in [-0.05, 0) is 24.3 Å². The number of hydrogen-bond donors (Lipinski definition) is 0. The van der Waals surface area contributed by atoms with Gasteiger partial charge >= 0.3 is 0 Å². The molecule has 156 valence electrons. The van der Waals surface area contributed by atoms with Crippen LogP contribution in [0.2, 0.25) is 0 Å². The number of nitrogens with zero attached hydrogens (tertiary/aromatic N) is 4. The van der Waals surface area contributed by atoms with Gasteiger partial charge in [0.2, 0.25) is 5.75 Å². The van der Waals surface area contributed by atoms with E-state index in [0.29, 0.717) is 17.2 Å². The molecular formula is C24H22N4O3. The number of aromatic nitrogens is 4. The highest BCUT2D eigenvalue weighted by Gasteiger charge is 2.18. The van der Waals surface area contributed by atoms with E-state index in [-0.39, 0.29) is 0 Å². The van der Waals surface area contributed by atoms with Gasteiger partial charge in [0.15, 0.2) is 17.1 Å². The summed E-state index contributed by atoms with van der Waals surface area (Å²) in [7, 11) is 6.85. The first-order valence-electron chi connectivity index (χ1n) is 9.84. The minimum Gasteiger partial charge on any atom is -0.493 e. The Morgan fingerprint density at radius 2 is 1.61 bits per heavy atom. The molecule has 0 unspecified atom stereocenters. The quantitative estimate of drug-likeness (QED) is 0.421. The van der Waals surface area contributed by atoms with E-state index in [0.717, 1.165) is 39.1 Å². The van der Waals surface area contributed by atoms with Crippen molar-refractivity contribution in [1.29, 1.82) is 0 Å². The van der Waals surface area contributed by atoms with E-state index in [1.54, 1.807) is 27.5 Å². The zero-order valence-corrected chi connectivity index (χ0v) is 17.8. The predicted octanol–water partition coefficient (Wildman–Crippen LogP) is 4.58. The summed E-state index contributed by atoms with van der Waals surface area (Å²) in [5.41, 5.74) is 5.61. The van der Waals surface area contributed by atoms with Crippen LogP contribution in [0.1, 0.15) is 0 Å². The van der Waals surface area contributed by atoms with Crippen LogP contribution in [0, 0.1) is 0 Å². The molecule has 0 radical (unpaired) electrons. The Bertz CT molecular complexity index is 1390. The SMILES string of the molecule is COc1cc(-c2ccnc3cc(-c4cn(C)c5ccccc45)nn23)cc(OC)c1OC. The second-order valence-corrected chi connectivity index (χ2v) is 7.21. The summed E-state index contributed by atoms with van der Waals surface area (Å²) < 4.78 is 20.5. The first kappa shape index (κ1) is 19.0. The molecule has 0 saturated carbocycles. The lowest BCUT2D eigenvalue weighted by molar-refractivity contribution is 0.324. The van der Waals surface area contributed by atoms with E-state index >= 15 is 0 Å². The van der Waals surface area contributed by atoms with E-state index in [2.05, 4.69) is 27.9 Å². The minimum atomic E-state index is 0.552. The van der Waals surface area contributed by atoms with E-state index in [1.807, 2.05) is 48.0 Å². The lowest BCUT2D eigenvalue weighted by Crippen LogP contribution is -1.99. The Kier molecular flexibility index (Phi) is 4.51. The highest BCUT2D eigenvalue weighted by Crippen LogP contribution is 2.41. The number of para-hydroxylation sites is 1. The number of hydrogen-bond acceptors (Lipinski definition) is 5. The maximum absolute atomic E-state index is 5.53. The normalized spacial score (nSPS) is 11.2. The van der Waals surface area contributed by atoms with E-state index in [9.17, 15) is 0 Å². The topological polar surface area (TPSA) is 62.8 Å². The van der Waals surface area contributed by atoms with Crippen molar-refractivity contribution in [2.45, 2.75) is 0 Å². The zero-order valence-electron chi connectivity index (χ0n) is 17.8. The fourth-order valence-electron chi connectivity index (χ4n) is 4.02. The molecule has 7 heteroatoms. The summed E-state index contributed by atoms with van der Waals surface area (Å²) in [6.07, 6.45) is 3.88. The molecule has 0 aliphatic carbocycles. The Morgan fingerprint density at radius 1 is 0.871 bits per heavy atom. The number of rotatable bonds is 5. The van der Waals surface area contributed by atoms with Gasteiger partial charge in [0.05, 0.1) is 32.7 Å². The average molecular weight is 414 g/mol. The summed E-state index contributed by atoms with van der Waals surface area (Å²) in [4.78, 5) is 4.53. The summed E-state index contributed by atoms with van der Waals surface area (Å²) in [6, 6.07) is 16.1. The van der Waals surface area contributed by atoms with Crippen molar-refractivity contribution in [1.82, 2.24) is 19.2 Å². The standard InChI is InChI=1S/C24H22N4O3/c1-27-14-17(16-7-5-6-8-20(16)27)18-13-23-25-10-9-19(28(23)26-18)15-11-21(29-2)24(31-4)22(12-15)30-3/h5-14H,1-4H3. The molecule has 0 spiro atoms. The van der Waals surface area contributed by atoms with Gasteiger partial charge in [-0.15, -0.1) is 0 Å². The number of methoxy groups -OCH3 is 3. The van der Waals surface area contributed by atoms with Crippen LogP contribution < -0.4 is 14.2 Å². The summed E-state index contributed by atoms with van der Waals surface area (Å²) >= 11 is 0. The van der Waals surface area contributed by atoms with Gasteiger partial charge in [0.1, 0.15) is 0 Å². The molecule has 0 saturated heterocycles. The van der Waals surface area contributed by atoms with Crippen LogP contribution in [-0.4, -0.2) is 40.5 Å². The molecule has 5 rings (SSSR count). The molecule has 0 fully saturated rings. The fourth-order valence-corrected chi connectivity index (χ4v) is 4.02. The summed E-state index contributed by atoms with van der Waals surface area (Å²) in [5.74, 6) is 1.72. The Morgan fingerprint density at radius 3 is 2.32 bits per heavy atom. The Balaban J connectivity index is 1.71. The lowest BCUT2D eigenvalue weighted by Gasteiger charge is -2.14. The van der Waals surface area contributed by atoms with E-state index < -0.39 is 0 Å². The van der Waals surface area contributed by atoms with Gasteiger partial charge in [-0.25, -0.2) is 9.50 Å². The number of fused-ring (bicyclic) bond motifs is 2. The Hall–Kier alpha value is -4.00. The smallest absolute Gasteiger partial charge is 0.203 e. The van der Waals surface area contributed by atoms with Crippen LogP contribution in [0.15, 0.2) is 60.9 Å². The van der Waals surface area contributed by atoms with Gasteiger partial charge in [-0.1, -0.05) is 18.2 Å². The number of benzene rings is 2. The molecule has 0 atom stereocenters. The molecule has 31 heavy (non-hydrogen) atoms. The van der Waals surface area contributed by atoms with Crippen molar-refractivity contribution < 1.29 is 14.2 Å². The van der Waals surface area contributed by atoms with Crippen molar-refractivity contribution in [3.05, 3.63) is 60.9 Å². The van der Waals surface area contributed by atoms with Crippen LogP contribution in [-0.2, 0) is 7.05 Å². The maximum Gasteiger partial charge on any atom is 0.203 e. The highest BCUT2D eigenvalue weighted by molar-refractivity contribution is 5.95. The Labute approximate surface area is 179 Å². The van der Waals surface area contributed by atoms with E-state index in [4.69, 9.17) is 19.3 Å². The van der Waals surface area contributed by atoms with Crippen molar-refractivity contribution in [2.75, 3.05) is 21.3 Å². The fraction of sp³-hybridized carbons (Fsp3) is 0.167. The molecule has 3 aromatic heterocycles. The summed E-state index contributed by atoms with van der Waals surface area (Å²) in [6.45, 7) is 0. The molecule has 0 amide bonds. The molecule has 0 aliphatic rings. The van der Waals surface area contributed by atoms with Gasteiger partial charge in [-0.3, -0.25) is 0 Å². The van der Waals surface area contributed by atoms with Gasteiger partial charge < -0.3 is 18.8 Å². The molecule has 0 aliphatic heterocycles. The molecular weight excluding hydrogens is 392 g/mol. The highest BCUT2D eigenvalue weighted by atomic mass is 16.5. The van der Waals surface area contributed by atoms with Crippen molar-refractivity contribution in [3.63, 3.8) is 0 Å². The van der Waals surface area contributed by atoms with Crippen LogP contribution in [0.3, 0.4) is 0 Å². The molecule has 2 aromatic carbocycles. The lowest BCUT2D eigenvalue weighted by atomic mass is 10.1. The molecule has 0 bridgehead atoms. The number of ether oxygens (including phenoxy) is 3.